The van der Waals surface area contributed by atoms with Crippen LogP contribution in [0.25, 0.3) is 0 Å². The third-order valence-electron chi connectivity index (χ3n) is 4.55. The Morgan fingerprint density at radius 1 is 1.33 bits per heavy atom. The van der Waals surface area contributed by atoms with Crippen molar-refractivity contribution in [1.82, 2.24) is 19.7 Å². The summed E-state index contributed by atoms with van der Waals surface area (Å²) in [7, 11) is 0. The molecule has 0 saturated carbocycles. The summed E-state index contributed by atoms with van der Waals surface area (Å²) in [6.07, 6.45) is 1.88. The van der Waals surface area contributed by atoms with Crippen molar-refractivity contribution in [3.05, 3.63) is 48.9 Å². The minimum Gasteiger partial charge on any atom is -0.316 e. The second kappa shape index (κ2) is 4.64. The van der Waals surface area contributed by atoms with Gasteiger partial charge in [0.05, 0.1) is 6.54 Å². The molecule has 4 heterocycles. The second-order valence-electron chi connectivity index (χ2n) is 5.78. The number of nitrogens with zero attached hydrogens (tertiary/aromatic N) is 3. The molecule has 1 spiro atoms. The summed E-state index contributed by atoms with van der Waals surface area (Å²) >= 11 is 1.57. The normalized spacial score (nSPS) is 23.8. The maximum atomic E-state index is 12.3. The van der Waals surface area contributed by atoms with Crippen LogP contribution in [0.1, 0.15) is 23.5 Å². The Morgan fingerprint density at radius 3 is 2.95 bits per heavy atom. The van der Waals surface area contributed by atoms with Gasteiger partial charge in [0.15, 0.2) is 0 Å². The molecule has 1 N–H and O–H groups in total. The van der Waals surface area contributed by atoms with Crippen molar-refractivity contribution in [3.63, 3.8) is 0 Å². The summed E-state index contributed by atoms with van der Waals surface area (Å²) in [6.45, 7) is 2.78. The molecule has 2 aliphatic heterocycles. The van der Waals surface area contributed by atoms with E-state index < -0.39 is 11.1 Å². The number of hydrogen-bond donors (Lipinski definition) is 1. The lowest BCUT2D eigenvalue weighted by molar-refractivity contribution is 0.439. The smallest absolute Gasteiger partial charge is 0.316 e. The molecular formula is C14H16N4O2S. The highest BCUT2D eigenvalue weighted by Gasteiger charge is 2.44. The third kappa shape index (κ3) is 1.91. The van der Waals surface area contributed by atoms with Gasteiger partial charge in [-0.3, -0.25) is 14.2 Å². The van der Waals surface area contributed by atoms with Gasteiger partial charge in [-0.05, 0) is 30.8 Å². The quantitative estimate of drug-likeness (QED) is 0.802. The molecule has 1 atom stereocenters. The van der Waals surface area contributed by atoms with Crippen LogP contribution in [-0.2, 0) is 18.5 Å². The third-order valence-corrected chi connectivity index (χ3v) is 5.41. The number of fused-ring (bicyclic) bond motifs is 2. The predicted molar refractivity (Wildman–Crippen MR) is 80.0 cm³/mol. The molecule has 0 radical (unpaired) electrons. The molecule has 2 aromatic heterocycles. The van der Waals surface area contributed by atoms with E-state index in [0.29, 0.717) is 13.1 Å². The predicted octanol–water partition coefficient (Wildman–Crippen LogP) is 0.150. The zero-order valence-electron chi connectivity index (χ0n) is 11.5. The SMILES string of the molecule is O=c1c(=O)n2c(nn1Cc1cccs1)[C@]1(CCNC1)CC2. The fourth-order valence-corrected chi connectivity index (χ4v) is 4.06. The van der Waals surface area contributed by atoms with Gasteiger partial charge in [0.1, 0.15) is 5.82 Å². The summed E-state index contributed by atoms with van der Waals surface area (Å²) < 4.78 is 2.92. The number of hydrogen-bond acceptors (Lipinski definition) is 5. The Labute approximate surface area is 125 Å². The van der Waals surface area contributed by atoms with Crippen LogP contribution in [0, 0.1) is 0 Å². The molecule has 1 fully saturated rings. The zero-order valence-corrected chi connectivity index (χ0v) is 12.4. The van der Waals surface area contributed by atoms with Crippen molar-refractivity contribution >= 4 is 11.3 Å². The van der Waals surface area contributed by atoms with Crippen molar-refractivity contribution in [2.75, 3.05) is 13.1 Å². The molecule has 6 nitrogen and oxygen atoms in total. The molecule has 0 amide bonds. The van der Waals surface area contributed by atoms with Crippen LogP contribution in [-0.4, -0.2) is 27.4 Å². The average molecular weight is 304 g/mol. The molecule has 2 aliphatic rings. The zero-order chi connectivity index (χ0) is 14.4. The van der Waals surface area contributed by atoms with Crippen LogP contribution in [0.15, 0.2) is 27.1 Å². The number of thiophene rings is 1. The van der Waals surface area contributed by atoms with Gasteiger partial charge in [0.25, 0.3) is 0 Å². The molecule has 1 saturated heterocycles. The van der Waals surface area contributed by atoms with E-state index in [2.05, 4.69) is 10.4 Å². The summed E-state index contributed by atoms with van der Waals surface area (Å²) in [5.74, 6) is 0.786. The highest BCUT2D eigenvalue weighted by Crippen LogP contribution is 2.37. The molecule has 0 aliphatic carbocycles. The molecule has 7 heteroatoms. The standard InChI is InChI=1S/C14H16N4O2S/c19-11-12(20)18(8-10-2-1-7-21-10)16-13-14(3-5-15-9-14)4-6-17(11)13/h1-2,7,15H,3-6,8-9H2/t14-/m1/s1. The summed E-state index contributed by atoms with van der Waals surface area (Å²) in [5.41, 5.74) is -1.01. The van der Waals surface area contributed by atoms with Gasteiger partial charge < -0.3 is 5.32 Å². The van der Waals surface area contributed by atoms with Crippen LogP contribution in [0.4, 0.5) is 0 Å². The van der Waals surface area contributed by atoms with Crippen LogP contribution in [0.3, 0.4) is 0 Å². The molecule has 0 aromatic carbocycles. The van der Waals surface area contributed by atoms with Crippen molar-refractivity contribution in [2.24, 2.45) is 0 Å². The van der Waals surface area contributed by atoms with Gasteiger partial charge >= 0.3 is 11.1 Å². The van der Waals surface area contributed by atoms with Gasteiger partial charge in [-0.25, -0.2) is 4.68 Å². The van der Waals surface area contributed by atoms with Gasteiger partial charge in [-0.1, -0.05) is 6.07 Å². The van der Waals surface area contributed by atoms with Gasteiger partial charge in [0, 0.05) is 23.4 Å². The number of rotatable bonds is 2. The molecule has 21 heavy (non-hydrogen) atoms. The van der Waals surface area contributed by atoms with Crippen LogP contribution >= 0.6 is 11.3 Å². The topological polar surface area (TPSA) is 68.9 Å². The fourth-order valence-electron chi connectivity index (χ4n) is 3.38. The van der Waals surface area contributed by atoms with Gasteiger partial charge in [-0.15, -0.1) is 11.3 Å². The monoisotopic (exact) mass is 304 g/mol. The Balaban J connectivity index is 1.85. The first-order valence-electron chi connectivity index (χ1n) is 7.15. The van der Waals surface area contributed by atoms with Gasteiger partial charge in [0.2, 0.25) is 0 Å². The van der Waals surface area contributed by atoms with Crippen molar-refractivity contribution in [3.8, 4) is 0 Å². The van der Waals surface area contributed by atoms with Crippen LogP contribution < -0.4 is 16.4 Å². The molecule has 0 bridgehead atoms. The van der Waals surface area contributed by atoms with E-state index in [4.69, 9.17) is 0 Å². The van der Waals surface area contributed by atoms with Crippen molar-refractivity contribution in [2.45, 2.75) is 31.3 Å². The van der Waals surface area contributed by atoms with E-state index >= 15 is 0 Å². The lowest BCUT2D eigenvalue weighted by Crippen LogP contribution is -2.45. The van der Waals surface area contributed by atoms with Crippen molar-refractivity contribution in [1.29, 1.82) is 0 Å². The lowest BCUT2D eigenvalue weighted by Gasteiger charge is -2.21. The minimum atomic E-state index is -0.518. The number of nitrogens with one attached hydrogen (secondary N) is 1. The molecule has 4 rings (SSSR count). The Hall–Kier alpha value is -1.73. The summed E-state index contributed by atoms with van der Waals surface area (Å²) in [4.78, 5) is 25.6. The maximum Gasteiger partial charge on any atom is 0.332 e. The summed E-state index contributed by atoms with van der Waals surface area (Å²) in [5, 5.41) is 9.87. The highest BCUT2D eigenvalue weighted by atomic mass is 32.1. The Morgan fingerprint density at radius 2 is 2.24 bits per heavy atom. The maximum absolute atomic E-state index is 12.3. The number of aromatic nitrogens is 3. The average Bonchev–Trinajstić information content (AvgIpc) is 3.20. The first-order chi connectivity index (χ1) is 10.2. The van der Waals surface area contributed by atoms with E-state index in [1.165, 1.54) is 4.68 Å². The lowest BCUT2D eigenvalue weighted by atomic mass is 9.85. The van der Waals surface area contributed by atoms with E-state index in [0.717, 1.165) is 36.6 Å². The van der Waals surface area contributed by atoms with E-state index in [1.54, 1.807) is 15.9 Å². The van der Waals surface area contributed by atoms with E-state index in [9.17, 15) is 9.59 Å². The van der Waals surface area contributed by atoms with E-state index in [-0.39, 0.29) is 5.41 Å². The molecule has 2 aromatic rings. The molecular weight excluding hydrogens is 288 g/mol. The fraction of sp³-hybridized carbons (Fsp3) is 0.500. The largest absolute Gasteiger partial charge is 0.332 e. The second-order valence-corrected chi connectivity index (χ2v) is 6.81. The highest BCUT2D eigenvalue weighted by molar-refractivity contribution is 7.09. The van der Waals surface area contributed by atoms with Crippen LogP contribution in [0.5, 0.6) is 0 Å². The van der Waals surface area contributed by atoms with Crippen LogP contribution in [0.2, 0.25) is 0 Å². The Bertz CT molecular complexity index is 784. The van der Waals surface area contributed by atoms with E-state index in [1.807, 2.05) is 17.5 Å². The Kier molecular flexibility index (Phi) is 2.87. The van der Waals surface area contributed by atoms with Gasteiger partial charge in [-0.2, -0.15) is 5.10 Å². The summed E-state index contributed by atoms with van der Waals surface area (Å²) in [6, 6.07) is 3.89. The molecule has 0 unspecified atom stereocenters. The molecule has 110 valence electrons. The first-order valence-corrected chi connectivity index (χ1v) is 8.03. The first kappa shape index (κ1) is 13.0. The minimum absolute atomic E-state index is 0.0654. The van der Waals surface area contributed by atoms with Crippen molar-refractivity contribution < 1.29 is 0 Å².